The number of carbonyl (C=O) groups excluding carboxylic acids is 1. The van der Waals surface area contributed by atoms with Crippen LogP contribution < -0.4 is 5.32 Å². The molecule has 4 aromatic rings. The smallest absolute Gasteiger partial charge is 0.295 e. The molecule has 1 atom stereocenters. The van der Waals surface area contributed by atoms with E-state index in [1.54, 1.807) is 17.0 Å². The maximum Gasteiger partial charge on any atom is 0.295 e. The summed E-state index contributed by atoms with van der Waals surface area (Å²) >= 11 is 5.99. The van der Waals surface area contributed by atoms with Gasteiger partial charge in [0.25, 0.3) is 11.9 Å². The van der Waals surface area contributed by atoms with Crippen molar-refractivity contribution in [2.75, 3.05) is 18.4 Å². The summed E-state index contributed by atoms with van der Waals surface area (Å²) in [5.41, 5.74) is 2.66. The summed E-state index contributed by atoms with van der Waals surface area (Å²) in [7, 11) is 0. The molecule has 29 heavy (non-hydrogen) atoms. The third-order valence-corrected chi connectivity index (χ3v) is 5.23. The highest BCUT2D eigenvalue weighted by atomic mass is 35.5. The number of amides is 1. The fourth-order valence-electron chi connectivity index (χ4n) is 3.56. The van der Waals surface area contributed by atoms with Crippen molar-refractivity contribution in [2.45, 2.75) is 12.5 Å². The largest absolute Gasteiger partial charge is 0.423 e. The topological polar surface area (TPSA) is 84.4 Å². The van der Waals surface area contributed by atoms with Gasteiger partial charge in [-0.25, -0.2) is 0 Å². The molecule has 0 radical (unpaired) electrons. The number of fused-ring (bicyclic) bond motifs is 1. The van der Waals surface area contributed by atoms with Gasteiger partial charge in [-0.1, -0.05) is 47.1 Å². The van der Waals surface area contributed by atoms with Gasteiger partial charge in [0, 0.05) is 35.8 Å². The lowest BCUT2D eigenvalue weighted by Crippen LogP contribution is -2.31. The van der Waals surface area contributed by atoms with Crippen LogP contribution in [-0.2, 0) is 0 Å². The van der Waals surface area contributed by atoms with Crippen LogP contribution in [0, 0.1) is 0 Å². The molecule has 2 aromatic carbocycles. The fraction of sp³-hybridized carbons (Fsp3) is 0.190. The van der Waals surface area contributed by atoms with Crippen LogP contribution in [0.2, 0.25) is 5.02 Å². The van der Waals surface area contributed by atoms with Crippen molar-refractivity contribution in [3.63, 3.8) is 0 Å². The molecule has 0 bridgehead atoms. The van der Waals surface area contributed by atoms with Crippen molar-refractivity contribution in [1.82, 2.24) is 15.0 Å². The van der Waals surface area contributed by atoms with Gasteiger partial charge in [0.1, 0.15) is 11.1 Å². The Labute approximate surface area is 171 Å². The van der Waals surface area contributed by atoms with Gasteiger partial charge in [-0.15, -0.1) is 0 Å². The number of nitrogens with one attached hydrogen (secondary N) is 1. The standard InChI is InChI=1S/C21H17ClN4O3/c22-14-6-7-17-18(10-14)28-21(25-17)24-15-8-9-26(12-15)20(27)16-11-23-29-19(16)13-4-2-1-3-5-13/h1-7,10-11,15H,8-9,12H2,(H,24,25)/t15-/m1/s1. The van der Waals surface area contributed by atoms with Gasteiger partial charge >= 0.3 is 0 Å². The van der Waals surface area contributed by atoms with Crippen molar-refractivity contribution in [2.24, 2.45) is 0 Å². The summed E-state index contributed by atoms with van der Waals surface area (Å²) in [6.45, 7) is 1.17. The van der Waals surface area contributed by atoms with E-state index >= 15 is 0 Å². The molecule has 7 nitrogen and oxygen atoms in total. The quantitative estimate of drug-likeness (QED) is 0.536. The lowest BCUT2D eigenvalue weighted by molar-refractivity contribution is 0.0792. The average Bonchev–Trinajstić information content (AvgIpc) is 3.47. The molecule has 1 amide bonds. The molecule has 146 valence electrons. The van der Waals surface area contributed by atoms with Gasteiger partial charge in [-0.2, -0.15) is 4.98 Å². The minimum atomic E-state index is -0.0984. The lowest BCUT2D eigenvalue weighted by atomic mass is 10.1. The van der Waals surface area contributed by atoms with Crippen molar-refractivity contribution in [1.29, 1.82) is 0 Å². The Balaban J connectivity index is 1.29. The molecule has 0 aliphatic carbocycles. The Morgan fingerprint density at radius 2 is 2.07 bits per heavy atom. The number of nitrogens with zero attached hydrogens (tertiary/aromatic N) is 3. The number of oxazole rings is 1. The van der Waals surface area contributed by atoms with Crippen LogP contribution in [0.5, 0.6) is 0 Å². The van der Waals surface area contributed by atoms with Crippen LogP contribution in [0.3, 0.4) is 0 Å². The number of aromatic nitrogens is 2. The highest BCUT2D eigenvalue weighted by Gasteiger charge is 2.30. The zero-order valence-corrected chi connectivity index (χ0v) is 16.1. The summed E-state index contributed by atoms with van der Waals surface area (Å²) < 4.78 is 11.1. The molecule has 0 spiro atoms. The molecule has 2 aromatic heterocycles. The Morgan fingerprint density at radius 1 is 1.21 bits per heavy atom. The summed E-state index contributed by atoms with van der Waals surface area (Å²) in [4.78, 5) is 19.2. The minimum Gasteiger partial charge on any atom is -0.423 e. The fourth-order valence-corrected chi connectivity index (χ4v) is 3.72. The number of hydrogen-bond donors (Lipinski definition) is 1. The van der Waals surface area contributed by atoms with Gasteiger partial charge in [-0.05, 0) is 18.6 Å². The monoisotopic (exact) mass is 408 g/mol. The van der Waals surface area contributed by atoms with E-state index in [2.05, 4.69) is 15.5 Å². The Hall–Kier alpha value is -3.32. The number of halogens is 1. The van der Waals surface area contributed by atoms with Crippen molar-refractivity contribution >= 4 is 34.6 Å². The third kappa shape index (κ3) is 3.45. The van der Waals surface area contributed by atoms with E-state index in [0.717, 1.165) is 17.5 Å². The summed E-state index contributed by atoms with van der Waals surface area (Å²) in [5, 5.41) is 7.71. The molecule has 3 heterocycles. The Morgan fingerprint density at radius 3 is 2.93 bits per heavy atom. The average molecular weight is 409 g/mol. The highest BCUT2D eigenvalue weighted by Crippen LogP contribution is 2.27. The maximum atomic E-state index is 13.0. The van der Waals surface area contributed by atoms with Gasteiger partial charge in [0.2, 0.25) is 0 Å². The van der Waals surface area contributed by atoms with Crippen LogP contribution in [0.25, 0.3) is 22.4 Å². The first-order chi connectivity index (χ1) is 14.2. The van der Waals surface area contributed by atoms with Gasteiger partial charge in [-0.3, -0.25) is 4.79 Å². The van der Waals surface area contributed by atoms with E-state index in [1.165, 1.54) is 6.20 Å². The van der Waals surface area contributed by atoms with Crippen LogP contribution in [-0.4, -0.2) is 40.1 Å². The van der Waals surface area contributed by atoms with Crippen LogP contribution in [0.4, 0.5) is 6.01 Å². The molecular weight excluding hydrogens is 392 g/mol. The van der Waals surface area contributed by atoms with Crippen LogP contribution >= 0.6 is 11.6 Å². The van der Waals surface area contributed by atoms with Crippen molar-refractivity contribution in [3.8, 4) is 11.3 Å². The van der Waals surface area contributed by atoms with Crippen molar-refractivity contribution in [3.05, 3.63) is 65.3 Å². The van der Waals surface area contributed by atoms with Crippen LogP contribution in [0.15, 0.2) is 63.7 Å². The first-order valence-electron chi connectivity index (χ1n) is 9.29. The highest BCUT2D eigenvalue weighted by molar-refractivity contribution is 6.31. The minimum absolute atomic E-state index is 0.0440. The molecule has 1 N–H and O–H groups in total. The first-order valence-corrected chi connectivity index (χ1v) is 9.67. The number of rotatable bonds is 4. The first kappa shape index (κ1) is 17.8. The van der Waals surface area contributed by atoms with Crippen molar-refractivity contribution < 1.29 is 13.7 Å². The SMILES string of the molecule is O=C(c1cnoc1-c1ccccc1)N1CC[C@@H](Nc2nc3ccc(Cl)cc3o2)C1. The normalized spacial score (nSPS) is 16.4. The van der Waals surface area contributed by atoms with E-state index in [1.807, 2.05) is 36.4 Å². The maximum absolute atomic E-state index is 13.0. The van der Waals surface area contributed by atoms with Gasteiger partial charge in [0.15, 0.2) is 11.3 Å². The summed E-state index contributed by atoms with van der Waals surface area (Å²) in [5.74, 6) is 0.390. The second-order valence-corrected chi connectivity index (χ2v) is 7.38. The van der Waals surface area contributed by atoms with Gasteiger partial charge in [0.05, 0.1) is 6.20 Å². The predicted molar refractivity (Wildman–Crippen MR) is 109 cm³/mol. The number of hydrogen-bond acceptors (Lipinski definition) is 6. The second kappa shape index (κ2) is 7.25. The van der Waals surface area contributed by atoms with E-state index in [4.69, 9.17) is 20.5 Å². The number of benzene rings is 2. The molecule has 5 rings (SSSR count). The third-order valence-electron chi connectivity index (χ3n) is 4.99. The van der Waals surface area contributed by atoms with E-state index in [0.29, 0.717) is 41.0 Å². The van der Waals surface area contributed by atoms with Crippen LogP contribution in [0.1, 0.15) is 16.8 Å². The predicted octanol–water partition coefficient (Wildman–Crippen LogP) is 4.46. The Kier molecular flexibility index (Phi) is 4.44. The van der Waals surface area contributed by atoms with E-state index < -0.39 is 0 Å². The summed E-state index contributed by atoms with van der Waals surface area (Å²) in [6, 6.07) is 15.3. The summed E-state index contributed by atoms with van der Waals surface area (Å²) in [6.07, 6.45) is 2.27. The molecule has 1 aliphatic rings. The van der Waals surface area contributed by atoms with E-state index in [9.17, 15) is 4.79 Å². The molecule has 1 saturated heterocycles. The number of likely N-dealkylation sites (tertiary alicyclic amines) is 1. The molecular formula is C21H17ClN4O3. The molecule has 1 fully saturated rings. The van der Waals surface area contributed by atoms with Gasteiger partial charge < -0.3 is 19.2 Å². The molecule has 0 saturated carbocycles. The Bertz CT molecular complexity index is 1170. The van der Waals surface area contributed by atoms with E-state index in [-0.39, 0.29) is 11.9 Å². The number of carbonyl (C=O) groups is 1. The number of anilines is 1. The second-order valence-electron chi connectivity index (χ2n) is 6.95. The zero-order chi connectivity index (χ0) is 19.8. The zero-order valence-electron chi connectivity index (χ0n) is 15.3. The lowest BCUT2D eigenvalue weighted by Gasteiger charge is -2.16. The molecule has 1 aliphatic heterocycles. The molecule has 8 heteroatoms. The molecule has 0 unspecified atom stereocenters.